The molecule has 3 N–H and O–H groups in total. The molecule has 0 aliphatic heterocycles. The average Bonchev–Trinajstić information content (AvgIpc) is 2.37. The van der Waals surface area contributed by atoms with Gasteiger partial charge in [0.1, 0.15) is 0 Å². The standard InChI is InChI=1S/C13H22N4O/c1-16(2)8-5-9-17(3)12-7-4-6-11(10-12)13(14)15-18/h4,6-7,10,18H,5,8-9H2,1-3H3,(H2,14,15). The smallest absolute Gasteiger partial charge is 0.170 e. The molecule has 100 valence electrons. The molecule has 5 nitrogen and oxygen atoms in total. The van der Waals surface area contributed by atoms with Crippen molar-refractivity contribution in [3.63, 3.8) is 0 Å². The number of hydrogen-bond donors (Lipinski definition) is 2. The molecule has 0 atom stereocenters. The summed E-state index contributed by atoms with van der Waals surface area (Å²) in [6, 6.07) is 7.67. The Bertz CT molecular complexity index is 404. The third-order valence-electron chi connectivity index (χ3n) is 2.79. The third kappa shape index (κ3) is 4.25. The summed E-state index contributed by atoms with van der Waals surface area (Å²) in [5.41, 5.74) is 7.38. The van der Waals surface area contributed by atoms with Gasteiger partial charge >= 0.3 is 0 Å². The van der Waals surface area contributed by atoms with Crippen LogP contribution in [0.5, 0.6) is 0 Å². The number of rotatable bonds is 6. The maximum atomic E-state index is 8.66. The van der Waals surface area contributed by atoms with E-state index in [2.05, 4.69) is 29.1 Å². The minimum Gasteiger partial charge on any atom is -0.409 e. The van der Waals surface area contributed by atoms with E-state index in [1.54, 1.807) is 0 Å². The van der Waals surface area contributed by atoms with Crippen molar-refractivity contribution in [1.82, 2.24) is 4.90 Å². The summed E-state index contributed by atoms with van der Waals surface area (Å²) in [7, 11) is 6.18. The molecule has 0 heterocycles. The molecule has 0 amide bonds. The van der Waals surface area contributed by atoms with E-state index in [-0.39, 0.29) is 5.84 Å². The molecule has 1 rings (SSSR count). The third-order valence-corrected chi connectivity index (χ3v) is 2.79. The highest BCUT2D eigenvalue weighted by molar-refractivity contribution is 5.97. The van der Waals surface area contributed by atoms with Crippen LogP contribution in [-0.2, 0) is 0 Å². The molecule has 0 saturated heterocycles. The monoisotopic (exact) mass is 250 g/mol. The second-order valence-corrected chi connectivity index (χ2v) is 4.61. The molecule has 0 spiro atoms. The molecule has 1 aromatic rings. The van der Waals surface area contributed by atoms with Gasteiger partial charge in [-0.05, 0) is 39.2 Å². The fourth-order valence-electron chi connectivity index (χ4n) is 1.71. The van der Waals surface area contributed by atoms with Crippen LogP contribution in [0.1, 0.15) is 12.0 Å². The minimum absolute atomic E-state index is 0.138. The Hall–Kier alpha value is -1.75. The summed E-state index contributed by atoms with van der Waals surface area (Å²) in [5.74, 6) is 0.138. The Morgan fingerprint density at radius 3 is 2.61 bits per heavy atom. The highest BCUT2D eigenvalue weighted by Crippen LogP contribution is 2.15. The van der Waals surface area contributed by atoms with Gasteiger partial charge in [-0.3, -0.25) is 0 Å². The molecule has 0 bridgehead atoms. The highest BCUT2D eigenvalue weighted by Gasteiger charge is 2.04. The first-order chi connectivity index (χ1) is 8.54. The van der Waals surface area contributed by atoms with Crippen molar-refractivity contribution in [2.75, 3.05) is 39.1 Å². The second-order valence-electron chi connectivity index (χ2n) is 4.61. The average molecular weight is 250 g/mol. The van der Waals surface area contributed by atoms with Crippen molar-refractivity contribution < 1.29 is 5.21 Å². The molecule has 0 aliphatic carbocycles. The van der Waals surface area contributed by atoms with Gasteiger partial charge < -0.3 is 20.7 Å². The van der Waals surface area contributed by atoms with Crippen LogP contribution in [0.3, 0.4) is 0 Å². The van der Waals surface area contributed by atoms with Crippen LogP contribution in [0.25, 0.3) is 0 Å². The molecule has 0 fully saturated rings. The molecular weight excluding hydrogens is 228 g/mol. The summed E-state index contributed by atoms with van der Waals surface area (Å²) in [6.45, 7) is 2.03. The van der Waals surface area contributed by atoms with Gasteiger partial charge in [-0.25, -0.2) is 0 Å². The Morgan fingerprint density at radius 2 is 2.00 bits per heavy atom. The first kappa shape index (κ1) is 14.3. The lowest BCUT2D eigenvalue weighted by Gasteiger charge is -2.21. The topological polar surface area (TPSA) is 65.1 Å². The zero-order valence-corrected chi connectivity index (χ0v) is 11.3. The van der Waals surface area contributed by atoms with Gasteiger partial charge in [-0.1, -0.05) is 17.3 Å². The number of oxime groups is 1. The summed E-state index contributed by atoms with van der Waals surface area (Å²) in [5, 5.41) is 11.7. The second kappa shape index (κ2) is 6.86. The SMILES string of the molecule is CN(C)CCCN(C)c1cccc(/C(N)=N/O)c1. The number of benzene rings is 1. The Labute approximate surface area is 108 Å². The summed E-state index contributed by atoms with van der Waals surface area (Å²) < 4.78 is 0. The number of hydrogen-bond acceptors (Lipinski definition) is 4. The van der Waals surface area contributed by atoms with Crippen LogP contribution in [-0.4, -0.2) is 50.2 Å². The lowest BCUT2D eigenvalue weighted by atomic mass is 10.1. The molecular formula is C13H22N4O. The predicted molar refractivity (Wildman–Crippen MR) is 75.4 cm³/mol. The van der Waals surface area contributed by atoms with Crippen LogP contribution < -0.4 is 10.6 Å². The van der Waals surface area contributed by atoms with Gasteiger partial charge in [0.2, 0.25) is 0 Å². The van der Waals surface area contributed by atoms with Crippen LogP contribution >= 0.6 is 0 Å². The normalized spacial score (nSPS) is 11.9. The lowest BCUT2D eigenvalue weighted by molar-refractivity contribution is 0.318. The summed E-state index contributed by atoms with van der Waals surface area (Å²) >= 11 is 0. The molecule has 0 saturated carbocycles. The number of nitrogens with two attached hydrogens (primary N) is 1. The van der Waals surface area contributed by atoms with Crippen molar-refractivity contribution in [2.45, 2.75) is 6.42 Å². The predicted octanol–water partition coefficient (Wildman–Crippen LogP) is 1.17. The fraction of sp³-hybridized carbons (Fsp3) is 0.462. The summed E-state index contributed by atoms with van der Waals surface area (Å²) in [6.07, 6.45) is 1.09. The lowest BCUT2D eigenvalue weighted by Crippen LogP contribution is -2.23. The molecule has 0 radical (unpaired) electrons. The van der Waals surface area contributed by atoms with Crippen molar-refractivity contribution in [3.8, 4) is 0 Å². The van der Waals surface area contributed by atoms with Gasteiger partial charge in [-0.15, -0.1) is 0 Å². The van der Waals surface area contributed by atoms with Gasteiger partial charge in [0.15, 0.2) is 5.84 Å². The maximum absolute atomic E-state index is 8.66. The van der Waals surface area contributed by atoms with Gasteiger partial charge in [-0.2, -0.15) is 0 Å². The zero-order chi connectivity index (χ0) is 13.5. The van der Waals surface area contributed by atoms with E-state index >= 15 is 0 Å². The molecule has 0 aromatic heterocycles. The highest BCUT2D eigenvalue weighted by atomic mass is 16.4. The van der Waals surface area contributed by atoms with E-state index in [0.717, 1.165) is 30.8 Å². The molecule has 18 heavy (non-hydrogen) atoms. The quantitative estimate of drug-likeness (QED) is 0.344. The van der Waals surface area contributed by atoms with E-state index in [1.165, 1.54) is 0 Å². The first-order valence-electron chi connectivity index (χ1n) is 5.98. The van der Waals surface area contributed by atoms with Crippen molar-refractivity contribution in [2.24, 2.45) is 10.9 Å². The molecule has 0 unspecified atom stereocenters. The first-order valence-corrected chi connectivity index (χ1v) is 5.98. The number of amidine groups is 1. The van der Waals surface area contributed by atoms with E-state index in [0.29, 0.717) is 0 Å². The molecule has 5 heteroatoms. The fourth-order valence-corrected chi connectivity index (χ4v) is 1.71. The Kier molecular flexibility index (Phi) is 5.45. The van der Waals surface area contributed by atoms with E-state index in [1.807, 2.05) is 31.3 Å². The minimum atomic E-state index is 0.138. The van der Waals surface area contributed by atoms with E-state index in [4.69, 9.17) is 10.9 Å². The van der Waals surface area contributed by atoms with Crippen LogP contribution in [0, 0.1) is 0 Å². The van der Waals surface area contributed by atoms with Crippen molar-refractivity contribution in [3.05, 3.63) is 29.8 Å². The number of anilines is 1. The van der Waals surface area contributed by atoms with Gasteiger partial charge in [0.05, 0.1) is 0 Å². The number of nitrogens with zero attached hydrogens (tertiary/aromatic N) is 3. The zero-order valence-electron chi connectivity index (χ0n) is 11.3. The van der Waals surface area contributed by atoms with E-state index in [9.17, 15) is 0 Å². The molecule has 0 aliphatic rings. The van der Waals surface area contributed by atoms with Gasteiger partial charge in [0, 0.05) is 24.8 Å². The van der Waals surface area contributed by atoms with Crippen LogP contribution in [0.4, 0.5) is 5.69 Å². The largest absolute Gasteiger partial charge is 0.409 e. The maximum Gasteiger partial charge on any atom is 0.170 e. The summed E-state index contributed by atoms with van der Waals surface area (Å²) in [4.78, 5) is 4.33. The molecule has 1 aromatic carbocycles. The Morgan fingerprint density at radius 1 is 1.28 bits per heavy atom. The van der Waals surface area contributed by atoms with Crippen molar-refractivity contribution in [1.29, 1.82) is 0 Å². The van der Waals surface area contributed by atoms with Crippen LogP contribution in [0.2, 0.25) is 0 Å². The van der Waals surface area contributed by atoms with Gasteiger partial charge in [0.25, 0.3) is 0 Å². The van der Waals surface area contributed by atoms with E-state index < -0.39 is 0 Å². The van der Waals surface area contributed by atoms with Crippen molar-refractivity contribution >= 4 is 11.5 Å². The Balaban J connectivity index is 2.65. The van der Waals surface area contributed by atoms with Crippen LogP contribution in [0.15, 0.2) is 29.4 Å².